The third kappa shape index (κ3) is 2.24. The lowest BCUT2D eigenvalue weighted by Gasteiger charge is -2.11. The molecule has 0 aliphatic carbocycles. The highest BCUT2D eigenvalue weighted by Gasteiger charge is 2.15. The molecule has 1 atom stereocenters. The average molecular weight is 223 g/mol. The van der Waals surface area contributed by atoms with Gasteiger partial charge in [-0.05, 0) is 31.8 Å². The fourth-order valence-electron chi connectivity index (χ4n) is 2.09. The van der Waals surface area contributed by atoms with Gasteiger partial charge >= 0.3 is 5.69 Å². The molecule has 88 valence electrons. The fraction of sp³-hybridized carbons (Fsp3) is 0.636. The van der Waals surface area contributed by atoms with Crippen LogP contribution in [0.1, 0.15) is 18.9 Å². The van der Waals surface area contributed by atoms with E-state index >= 15 is 0 Å². The Labute approximate surface area is 93.5 Å². The number of aryl methyl sites for hydroxylation is 1. The summed E-state index contributed by atoms with van der Waals surface area (Å²) in [5.74, 6) is 0.494. The first kappa shape index (κ1) is 11.1. The molecule has 5 heteroatoms. The molecule has 0 radical (unpaired) electrons. The summed E-state index contributed by atoms with van der Waals surface area (Å²) >= 11 is 0. The summed E-state index contributed by atoms with van der Waals surface area (Å²) in [6, 6.07) is 0. The lowest BCUT2D eigenvalue weighted by molar-refractivity contribution is 0.463. The van der Waals surface area contributed by atoms with Crippen molar-refractivity contribution in [2.45, 2.75) is 26.3 Å². The van der Waals surface area contributed by atoms with Gasteiger partial charge in [0.2, 0.25) is 0 Å². The second-order valence-electron chi connectivity index (χ2n) is 4.28. The topological polar surface area (TPSA) is 66.9 Å². The molecule has 2 N–H and O–H groups in total. The van der Waals surface area contributed by atoms with Gasteiger partial charge in [0.25, 0.3) is 5.56 Å². The average Bonchev–Trinajstić information content (AvgIpc) is 2.75. The maximum Gasteiger partial charge on any atom is 0.328 e. The van der Waals surface area contributed by atoms with Crippen molar-refractivity contribution >= 4 is 0 Å². The lowest BCUT2D eigenvalue weighted by atomic mass is 10.1. The standard InChI is InChI=1S/C11H17N3O2/c1-2-9-7-14(11(16)13-10(9)15)6-8-3-4-12-5-8/h7-8,12H,2-6H2,1H3,(H,13,15,16). The summed E-state index contributed by atoms with van der Waals surface area (Å²) in [6.07, 6.45) is 3.44. The van der Waals surface area contributed by atoms with E-state index < -0.39 is 0 Å². The van der Waals surface area contributed by atoms with Gasteiger partial charge in [0.05, 0.1) is 0 Å². The third-order valence-electron chi connectivity index (χ3n) is 3.08. The Morgan fingerprint density at radius 1 is 1.50 bits per heavy atom. The number of H-pyrrole nitrogens is 1. The van der Waals surface area contributed by atoms with Crippen LogP contribution in [0.2, 0.25) is 0 Å². The number of aromatic nitrogens is 2. The van der Waals surface area contributed by atoms with Crippen LogP contribution in [-0.2, 0) is 13.0 Å². The van der Waals surface area contributed by atoms with Crippen molar-refractivity contribution < 1.29 is 0 Å². The van der Waals surface area contributed by atoms with Crippen LogP contribution in [0, 0.1) is 5.92 Å². The molecule has 1 saturated heterocycles. The molecule has 1 aromatic heterocycles. The zero-order chi connectivity index (χ0) is 11.5. The van der Waals surface area contributed by atoms with Crippen molar-refractivity contribution in [3.05, 3.63) is 32.6 Å². The van der Waals surface area contributed by atoms with E-state index in [0.717, 1.165) is 19.5 Å². The summed E-state index contributed by atoms with van der Waals surface area (Å²) in [5.41, 5.74) is 0.118. The van der Waals surface area contributed by atoms with Gasteiger partial charge in [0.15, 0.2) is 0 Å². The monoisotopic (exact) mass is 223 g/mol. The van der Waals surface area contributed by atoms with Gasteiger partial charge in [-0.1, -0.05) is 6.92 Å². The van der Waals surface area contributed by atoms with Gasteiger partial charge < -0.3 is 5.32 Å². The summed E-state index contributed by atoms with van der Waals surface area (Å²) in [6.45, 7) is 4.57. The summed E-state index contributed by atoms with van der Waals surface area (Å²) < 4.78 is 1.62. The van der Waals surface area contributed by atoms with E-state index in [1.165, 1.54) is 0 Å². The predicted octanol–water partition coefficient (Wildman–Crippen LogP) is -0.291. The highest BCUT2D eigenvalue weighted by Crippen LogP contribution is 2.09. The normalized spacial score (nSPS) is 20.2. The van der Waals surface area contributed by atoms with Crippen LogP contribution in [0.15, 0.2) is 15.8 Å². The minimum Gasteiger partial charge on any atom is -0.316 e. The predicted molar refractivity (Wildman–Crippen MR) is 61.7 cm³/mol. The van der Waals surface area contributed by atoms with E-state index in [4.69, 9.17) is 0 Å². The molecule has 0 saturated carbocycles. The van der Waals surface area contributed by atoms with Gasteiger partial charge in [-0.25, -0.2) is 4.79 Å². The minimum absolute atomic E-state index is 0.256. The molecule has 2 rings (SSSR count). The number of nitrogens with one attached hydrogen (secondary N) is 2. The molecule has 1 aliphatic rings. The van der Waals surface area contributed by atoms with Crippen molar-refractivity contribution in [1.82, 2.24) is 14.9 Å². The quantitative estimate of drug-likeness (QED) is 0.740. The van der Waals surface area contributed by atoms with Crippen LogP contribution in [0.3, 0.4) is 0 Å². The largest absolute Gasteiger partial charge is 0.328 e. The van der Waals surface area contributed by atoms with Crippen molar-refractivity contribution in [2.24, 2.45) is 5.92 Å². The molecule has 1 aromatic rings. The molecule has 5 nitrogen and oxygen atoms in total. The molecule has 1 unspecified atom stereocenters. The van der Waals surface area contributed by atoms with Crippen molar-refractivity contribution in [2.75, 3.05) is 13.1 Å². The zero-order valence-electron chi connectivity index (χ0n) is 9.45. The SMILES string of the molecule is CCc1cn(CC2CCNC2)c(=O)[nH]c1=O. The van der Waals surface area contributed by atoms with Gasteiger partial charge in [-0.3, -0.25) is 14.3 Å². The Balaban J connectivity index is 2.25. The van der Waals surface area contributed by atoms with Crippen LogP contribution in [0.4, 0.5) is 0 Å². The molecule has 0 spiro atoms. The smallest absolute Gasteiger partial charge is 0.316 e. The minimum atomic E-state index is -0.297. The molecule has 0 bridgehead atoms. The summed E-state index contributed by atoms with van der Waals surface area (Å²) in [7, 11) is 0. The molecule has 1 fully saturated rings. The van der Waals surface area contributed by atoms with Crippen LogP contribution in [-0.4, -0.2) is 22.6 Å². The van der Waals surface area contributed by atoms with Gasteiger partial charge in [-0.15, -0.1) is 0 Å². The summed E-state index contributed by atoms with van der Waals surface area (Å²) in [4.78, 5) is 25.3. The van der Waals surface area contributed by atoms with E-state index in [1.807, 2.05) is 6.92 Å². The van der Waals surface area contributed by atoms with E-state index in [0.29, 0.717) is 24.4 Å². The Kier molecular flexibility index (Phi) is 3.24. The van der Waals surface area contributed by atoms with E-state index in [1.54, 1.807) is 10.8 Å². The Morgan fingerprint density at radius 2 is 2.31 bits per heavy atom. The lowest BCUT2D eigenvalue weighted by Crippen LogP contribution is -2.33. The first-order chi connectivity index (χ1) is 7.70. The molecule has 0 aromatic carbocycles. The van der Waals surface area contributed by atoms with Crippen LogP contribution >= 0.6 is 0 Å². The van der Waals surface area contributed by atoms with Crippen molar-refractivity contribution in [1.29, 1.82) is 0 Å². The van der Waals surface area contributed by atoms with Crippen LogP contribution in [0.5, 0.6) is 0 Å². The molecular formula is C11H17N3O2. The van der Waals surface area contributed by atoms with Crippen LogP contribution < -0.4 is 16.6 Å². The second kappa shape index (κ2) is 4.65. The van der Waals surface area contributed by atoms with Crippen molar-refractivity contribution in [3.63, 3.8) is 0 Å². The Morgan fingerprint density at radius 3 is 2.94 bits per heavy atom. The number of rotatable bonds is 3. The molecule has 0 amide bonds. The number of aromatic amines is 1. The highest BCUT2D eigenvalue weighted by atomic mass is 16.2. The van der Waals surface area contributed by atoms with Crippen molar-refractivity contribution in [3.8, 4) is 0 Å². The molecule has 16 heavy (non-hydrogen) atoms. The number of hydrogen-bond donors (Lipinski definition) is 2. The molecule has 1 aliphatic heterocycles. The highest BCUT2D eigenvalue weighted by molar-refractivity contribution is 5.04. The first-order valence-electron chi connectivity index (χ1n) is 5.74. The molecular weight excluding hydrogens is 206 g/mol. The zero-order valence-corrected chi connectivity index (χ0v) is 9.45. The second-order valence-corrected chi connectivity index (χ2v) is 4.28. The summed E-state index contributed by atoms with van der Waals surface area (Å²) in [5, 5.41) is 3.26. The Hall–Kier alpha value is -1.36. The van der Waals surface area contributed by atoms with Gasteiger partial charge in [-0.2, -0.15) is 0 Å². The maximum atomic E-state index is 11.6. The molecule has 2 heterocycles. The van der Waals surface area contributed by atoms with Gasteiger partial charge in [0, 0.05) is 18.3 Å². The first-order valence-corrected chi connectivity index (χ1v) is 5.74. The fourth-order valence-corrected chi connectivity index (χ4v) is 2.09. The van der Waals surface area contributed by atoms with Gasteiger partial charge in [0.1, 0.15) is 0 Å². The third-order valence-corrected chi connectivity index (χ3v) is 3.08. The number of hydrogen-bond acceptors (Lipinski definition) is 3. The van der Waals surface area contributed by atoms with E-state index in [2.05, 4.69) is 10.3 Å². The van der Waals surface area contributed by atoms with Crippen LogP contribution in [0.25, 0.3) is 0 Å². The van der Waals surface area contributed by atoms with E-state index in [-0.39, 0.29) is 11.2 Å². The van der Waals surface area contributed by atoms with E-state index in [9.17, 15) is 9.59 Å². The maximum absolute atomic E-state index is 11.6. The number of nitrogens with zero attached hydrogens (tertiary/aromatic N) is 1. The Bertz CT molecular complexity index is 469.